The average molecular weight is 213 g/mol. The van der Waals surface area contributed by atoms with E-state index >= 15 is 0 Å². The van der Waals surface area contributed by atoms with Crippen LogP contribution in [0.1, 0.15) is 5.82 Å². The summed E-state index contributed by atoms with van der Waals surface area (Å²) in [5, 5.41) is 4.61. The number of rotatable bonds is 2. The van der Waals surface area contributed by atoms with Gasteiger partial charge in [0.1, 0.15) is 20.1 Å². The highest BCUT2D eigenvalue weighted by Crippen LogP contribution is 2.05. The first-order valence-corrected chi connectivity index (χ1v) is 11.1. The van der Waals surface area contributed by atoms with Gasteiger partial charge in [-0.2, -0.15) is 5.10 Å². The van der Waals surface area contributed by atoms with Crippen LogP contribution in [0.3, 0.4) is 0 Å². The van der Waals surface area contributed by atoms with Gasteiger partial charge in [-0.15, -0.1) is 0 Å². The van der Waals surface area contributed by atoms with Crippen molar-refractivity contribution in [2.45, 2.75) is 39.7 Å². The minimum atomic E-state index is -1.34. The molecule has 0 aromatic carbocycles. The third-order valence-electron chi connectivity index (χ3n) is 1.94. The third-order valence-corrected chi connectivity index (χ3v) is 4.91. The van der Waals surface area contributed by atoms with Crippen molar-refractivity contribution in [2.24, 2.45) is 0 Å². The van der Waals surface area contributed by atoms with Crippen LogP contribution in [0, 0.1) is 6.92 Å². The first-order chi connectivity index (χ1) is 5.82. The van der Waals surface area contributed by atoms with Crippen molar-refractivity contribution in [3.63, 3.8) is 0 Å². The number of hydrogen-bond donors (Lipinski definition) is 0. The van der Waals surface area contributed by atoms with Gasteiger partial charge in [0, 0.05) is 0 Å². The summed E-state index contributed by atoms with van der Waals surface area (Å²) in [7, 11) is -2.17. The van der Waals surface area contributed by atoms with Gasteiger partial charge in [-0.1, -0.05) is 13.1 Å². The minimum Gasteiger partial charge on any atom is -0.282 e. The van der Waals surface area contributed by atoms with Crippen molar-refractivity contribution in [1.29, 1.82) is 0 Å². The lowest BCUT2D eigenvalue weighted by molar-refractivity contribution is 0.895. The molecule has 0 atom stereocenters. The summed E-state index contributed by atoms with van der Waals surface area (Å²) in [4.78, 5) is 4.52. The second kappa shape index (κ2) is 3.38. The SMILES string of the molecule is Cc1nc([SiH](C)C)nn1[Si](C)(C)C. The van der Waals surface area contributed by atoms with Crippen LogP contribution < -0.4 is 5.45 Å². The summed E-state index contributed by atoms with van der Waals surface area (Å²) in [6.07, 6.45) is 0. The molecule has 0 spiro atoms. The number of aromatic nitrogens is 3. The predicted molar refractivity (Wildman–Crippen MR) is 62.0 cm³/mol. The molecule has 0 unspecified atom stereocenters. The van der Waals surface area contributed by atoms with Crippen molar-refractivity contribution < 1.29 is 0 Å². The molecule has 1 aromatic rings. The monoisotopic (exact) mass is 213 g/mol. The van der Waals surface area contributed by atoms with Gasteiger partial charge < -0.3 is 0 Å². The van der Waals surface area contributed by atoms with Crippen LogP contribution in [0.2, 0.25) is 32.7 Å². The Kier molecular flexibility index (Phi) is 2.77. The largest absolute Gasteiger partial charge is 0.282 e. The fourth-order valence-electron chi connectivity index (χ4n) is 1.29. The Bertz CT molecular complexity index is 299. The first kappa shape index (κ1) is 10.7. The maximum Gasteiger partial charge on any atom is 0.178 e. The van der Waals surface area contributed by atoms with Crippen LogP contribution in [0.25, 0.3) is 0 Å². The lowest BCUT2D eigenvalue weighted by atomic mass is 10.8. The molecule has 0 amide bonds. The van der Waals surface area contributed by atoms with Crippen LogP contribution in [-0.4, -0.2) is 31.5 Å². The molecule has 0 aliphatic rings. The first-order valence-electron chi connectivity index (χ1n) is 4.76. The molecule has 1 rings (SSSR count). The standard InChI is InChI=1S/C8H19N3Si2/c1-7-9-8(12(2)3)10-11(7)13(4,5)6/h12H,1-6H3. The lowest BCUT2D eigenvalue weighted by Crippen LogP contribution is -2.36. The number of nitrogens with zero attached hydrogens (tertiary/aromatic N) is 3. The number of aryl methyl sites for hydroxylation is 1. The number of hydrogen-bond acceptors (Lipinski definition) is 2. The van der Waals surface area contributed by atoms with E-state index < -0.39 is 17.0 Å². The molecule has 5 heteroatoms. The molecule has 1 heterocycles. The smallest absolute Gasteiger partial charge is 0.178 e. The van der Waals surface area contributed by atoms with E-state index in [9.17, 15) is 0 Å². The van der Waals surface area contributed by atoms with E-state index in [4.69, 9.17) is 0 Å². The topological polar surface area (TPSA) is 30.7 Å². The highest BCUT2D eigenvalue weighted by Gasteiger charge is 2.22. The van der Waals surface area contributed by atoms with Crippen LogP contribution >= 0.6 is 0 Å². The Morgan fingerprint density at radius 1 is 1.23 bits per heavy atom. The maximum absolute atomic E-state index is 4.61. The molecule has 1 aromatic heterocycles. The van der Waals surface area contributed by atoms with Crippen molar-refractivity contribution in [1.82, 2.24) is 14.4 Å². The molecule has 0 radical (unpaired) electrons. The second-order valence-electron chi connectivity index (χ2n) is 4.75. The molecule has 0 aliphatic heterocycles. The lowest BCUT2D eigenvalue weighted by Gasteiger charge is -2.17. The van der Waals surface area contributed by atoms with Crippen LogP contribution in [0.4, 0.5) is 0 Å². The van der Waals surface area contributed by atoms with Crippen LogP contribution in [0.5, 0.6) is 0 Å². The predicted octanol–water partition coefficient (Wildman–Crippen LogP) is 0.963. The van der Waals surface area contributed by atoms with E-state index in [1.807, 2.05) is 0 Å². The van der Waals surface area contributed by atoms with Gasteiger partial charge in [-0.3, -0.25) is 4.35 Å². The molecule has 3 nitrogen and oxygen atoms in total. The van der Waals surface area contributed by atoms with E-state index in [-0.39, 0.29) is 0 Å². The Balaban J connectivity index is 3.11. The van der Waals surface area contributed by atoms with E-state index in [0.717, 1.165) is 11.3 Å². The van der Waals surface area contributed by atoms with Crippen LogP contribution in [0.15, 0.2) is 0 Å². The Morgan fingerprint density at radius 3 is 2.00 bits per heavy atom. The fourth-order valence-corrected chi connectivity index (χ4v) is 3.62. The Labute approximate surface area is 82.9 Å². The van der Waals surface area contributed by atoms with Gasteiger partial charge in [0.25, 0.3) is 0 Å². The Hall–Kier alpha value is -0.426. The van der Waals surface area contributed by atoms with Gasteiger partial charge >= 0.3 is 0 Å². The molecule has 0 N–H and O–H groups in total. The fraction of sp³-hybridized carbons (Fsp3) is 0.750. The van der Waals surface area contributed by atoms with Crippen LogP contribution in [-0.2, 0) is 0 Å². The third kappa shape index (κ3) is 2.28. The van der Waals surface area contributed by atoms with E-state index in [0.29, 0.717) is 0 Å². The van der Waals surface area contributed by atoms with Crippen molar-refractivity contribution in [3.8, 4) is 0 Å². The normalized spacial score (nSPS) is 12.5. The van der Waals surface area contributed by atoms with Gasteiger partial charge in [0.15, 0.2) is 8.24 Å². The zero-order valence-electron chi connectivity index (χ0n) is 9.42. The van der Waals surface area contributed by atoms with Crippen molar-refractivity contribution >= 4 is 22.5 Å². The molecule has 0 bridgehead atoms. The molecule has 0 saturated carbocycles. The second-order valence-corrected chi connectivity index (χ2v) is 12.3. The summed E-state index contributed by atoms with van der Waals surface area (Å²) in [6, 6.07) is 0. The van der Waals surface area contributed by atoms with E-state index in [1.165, 1.54) is 0 Å². The highest BCUT2D eigenvalue weighted by atomic mass is 28.3. The van der Waals surface area contributed by atoms with Crippen molar-refractivity contribution in [3.05, 3.63) is 5.82 Å². The molecule has 0 fully saturated rings. The van der Waals surface area contributed by atoms with E-state index in [1.54, 1.807) is 0 Å². The zero-order valence-corrected chi connectivity index (χ0v) is 11.6. The Morgan fingerprint density at radius 2 is 1.77 bits per heavy atom. The molecule has 74 valence electrons. The summed E-state index contributed by atoms with van der Waals surface area (Å²) >= 11 is 0. The molecule has 13 heavy (non-hydrogen) atoms. The molecule has 0 saturated heterocycles. The van der Waals surface area contributed by atoms with Crippen molar-refractivity contribution in [2.75, 3.05) is 0 Å². The van der Waals surface area contributed by atoms with Gasteiger partial charge in [0.2, 0.25) is 0 Å². The minimum absolute atomic E-state index is 0.829. The summed E-state index contributed by atoms with van der Waals surface area (Å²) in [6.45, 7) is 13.5. The highest BCUT2D eigenvalue weighted by molar-refractivity contribution is 6.74. The molecule has 0 aliphatic carbocycles. The molecular formula is C8H19N3Si2. The average Bonchev–Trinajstić information content (AvgIpc) is 2.29. The van der Waals surface area contributed by atoms with E-state index in [2.05, 4.69) is 54.1 Å². The summed E-state index contributed by atoms with van der Waals surface area (Å²) < 4.78 is 2.16. The zero-order chi connectivity index (χ0) is 10.2. The maximum atomic E-state index is 4.61. The molecular weight excluding hydrogens is 194 g/mol. The van der Waals surface area contributed by atoms with Gasteiger partial charge in [0.05, 0.1) is 0 Å². The summed E-state index contributed by atoms with van der Waals surface area (Å²) in [5.74, 6) is 1.09. The summed E-state index contributed by atoms with van der Waals surface area (Å²) in [5.41, 5.74) is 1.11. The van der Waals surface area contributed by atoms with Gasteiger partial charge in [-0.05, 0) is 26.6 Å². The van der Waals surface area contributed by atoms with Gasteiger partial charge in [-0.25, -0.2) is 4.98 Å². The quantitative estimate of drug-likeness (QED) is 0.685.